The Labute approximate surface area is 199 Å². The summed E-state index contributed by atoms with van der Waals surface area (Å²) in [5.41, 5.74) is 0. The Balaban J connectivity index is 0.00000320. The zero-order valence-electron chi connectivity index (χ0n) is 17.8. The highest BCUT2D eigenvalue weighted by Crippen LogP contribution is 2.55. The number of carbonyl (C=O) groups is 1. The summed E-state index contributed by atoms with van der Waals surface area (Å²) in [6.07, 6.45) is 7.21. The fraction of sp³-hybridized carbons (Fsp3) is 0.296. The Kier molecular flexibility index (Phi) is 10.7. The number of benzene rings is 3. The van der Waals surface area contributed by atoms with Gasteiger partial charge in [-0.1, -0.05) is 87.2 Å². The summed E-state index contributed by atoms with van der Waals surface area (Å²) in [6.45, 7) is 2.23. The van der Waals surface area contributed by atoms with Crippen LogP contribution in [0.1, 0.15) is 45.4 Å². The summed E-state index contributed by atoms with van der Waals surface area (Å²) in [6, 6.07) is 32.1. The van der Waals surface area contributed by atoms with E-state index in [1.54, 1.807) is 0 Å². The normalized spacial score (nSPS) is 11.0. The first-order valence-electron chi connectivity index (χ1n) is 10.8. The van der Waals surface area contributed by atoms with Crippen molar-refractivity contribution in [1.29, 1.82) is 0 Å². The lowest BCUT2D eigenvalue weighted by molar-refractivity contribution is -0.116. The van der Waals surface area contributed by atoms with Crippen LogP contribution in [0.2, 0.25) is 0 Å². The molecule has 0 unspecified atom stereocenters. The second-order valence-corrected chi connectivity index (χ2v) is 11.2. The number of rotatable bonds is 11. The highest BCUT2D eigenvalue weighted by molar-refractivity contribution is 7.96. The van der Waals surface area contributed by atoms with E-state index in [9.17, 15) is 4.79 Å². The molecule has 0 saturated heterocycles. The molecule has 30 heavy (non-hydrogen) atoms. The van der Waals surface area contributed by atoms with E-state index >= 15 is 0 Å². The van der Waals surface area contributed by atoms with E-state index in [1.807, 2.05) is 0 Å². The van der Waals surface area contributed by atoms with Crippen LogP contribution in [-0.4, -0.2) is 11.9 Å². The van der Waals surface area contributed by atoms with Gasteiger partial charge in [0.25, 0.3) is 0 Å². The van der Waals surface area contributed by atoms with E-state index in [4.69, 9.17) is 0 Å². The molecule has 0 bridgehead atoms. The number of hydrogen-bond acceptors (Lipinski definition) is 1. The molecule has 3 aromatic carbocycles. The number of carbonyl (C=O) groups excluding carboxylic acids is 1. The van der Waals surface area contributed by atoms with Crippen molar-refractivity contribution in [1.82, 2.24) is 0 Å². The van der Waals surface area contributed by atoms with Crippen LogP contribution in [0, 0.1) is 0 Å². The van der Waals surface area contributed by atoms with Gasteiger partial charge in [0, 0.05) is 6.42 Å². The lowest BCUT2D eigenvalue weighted by Crippen LogP contribution is -3.00. The first-order chi connectivity index (χ1) is 14.3. The molecular weight excluding hydrogens is 498 g/mol. The number of unbranched alkanes of at least 4 members (excludes halogenated alkanes) is 4. The minimum absolute atomic E-state index is 0. The van der Waals surface area contributed by atoms with Gasteiger partial charge in [0.15, 0.2) is 5.78 Å². The summed E-state index contributed by atoms with van der Waals surface area (Å²) in [5, 5.41) is 3.87. The first-order valence-corrected chi connectivity index (χ1v) is 12.8. The van der Waals surface area contributed by atoms with Crippen LogP contribution in [0.5, 0.6) is 0 Å². The highest BCUT2D eigenvalue weighted by atomic mass is 127. The van der Waals surface area contributed by atoms with Gasteiger partial charge < -0.3 is 24.0 Å². The van der Waals surface area contributed by atoms with Crippen molar-refractivity contribution in [3.8, 4) is 0 Å². The molecule has 158 valence electrons. The Morgan fingerprint density at radius 3 is 1.43 bits per heavy atom. The molecule has 0 aliphatic rings. The molecule has 0 aliphatic heterocycles. The molecule has 0 amide bonds. The van der Waals surface area contributed by atoms with Crippen LogP contribution in [0.25, 0.3) is 0 Å². The topological polar surface area (TPSA) is 17.1 Å². The van der Waals surface area contributed by atoms with Crippen LogP contribution in [0.4, 0.5) is 0 Å². The number of ketones is 1. The monoisotopic (exact) mass is 530 g/mol. The fourth-order valence-corrected chi connectivity index (χ4v) is 8.21. The summed E-state index contributed by atoms with van der Waals surface area (Å²) in [4.78, 5) is 13.2. The number of Topliss-reactive ketones (excluding diaryl/α,β-unsaturated/α-hetero) is 1. The molecule has 3 heteroatoms. The first kappa shape index (κ1) is 24.8. The SMILES string of the molecule is CCCCCCCC(=O)C[P+](c1ccccc1)(c1ccccc1)c1ccccc1.[I-]. The molecular formula is C27H32IOP. The van der Waals surface area contributed by atoms with Crippen molar-refractivity contribution in [3.63, 3.8) is 0 Å². The van der Waals surface area contributed by atoms with E-state index in [2.05, 4.69) is 97.9 Å². The van der Waals surface area contributed by atoms with Gasteiger partial charge in [-0.25, -0.2) is 0 Å². The van der Waals surface area contributed by atoms with Gasteiger partial charge in [0.05, 0.1) is 0 Å². The van der Waals surface area contributed by atoms with Gasteiger partial charge in [0.2, 0.25) is 0 Å². The van der Waals surface area contributed by atoms with E-state index in [1.165, 1.54) is 35.2 Å². The van der Waals surface area contributed by atoms with E-state index in [-0.39, 0.29) is 24.0 Å². The molecule has 0 aliphatic carbocycles. The number of halogens is 1. The third-order valence-corrected chi connectivity index (χ3v) is 9.93. The Bertz CT molecular complexity index is 768. The Morgan fingerprint density at radius 1 is 0.633 bits per heavy atom. The van der Waals surface area contributed by atoms with Crippen LogP contribution >= 0.6 is 7.26 Å². The summed E-state index contributed by atoms with van der Waals surface area (Å²) >= 11 is 0. The lowest BCUT2D eigenvalue weighted by Gasteiger charge is -2.27. The molecule has 0 heterocycles. The van der Waals surface area contributed by atoms with Gasteiger partial charge in [-0.2, -0.15) is 0 Å². The number of hydrogen-bond donors (Lipinski definition) is 0. The van der Waals surface area contributed by atoms with Crippen LogP contribution in [-0.2, 0) is 4.79 Å². The molecule has 0 saturated carbocycles. The van der Waals surface area contributed by atoms with Gasteiger partial charge in [-0.3, -0.25) is 4.79 Å². The molecule has 1 nitrogen and oxygen atoms in total. The molecule has 0 fully saturated rings. The molecule has 0 N–H and O–H groups in total. The molecule has 3 rings (SSSR count). The predicted octanol–water partition coefficient (Wildman–Crippen LogP) is 2.91. The molecule has 0 spiro atoms. The zero-order chi connectivity index (χ0) is 20.4. The molecule has 0 radical (unpaired) electrons. The van der Waals surface area contributed by atoms with Crippen LogP contribution in [0.3, 0.4) is 0 Å². The van der Waals surface area contributed by atoms with E-state index < -0.39 is 7.26 Å². The van der Waals surface area contributed by atoms with Gasteiger partial charge >= 0.3 is 0 Å². The van der Waals surface area contributed by atoms with E-state index in [0.29, 0.717) is 18.4 Å². The third-order valence-electron chi connectivity index (χ3n) is 5.56. The quantitative estimate of drug-likeness (QED) is 0.212. The summed E-state index contributed by atoms with van der Waals surface area (Å²) in [7, 11) is -2.02. The Morgan fingerprint density at radius 2 is 1.03 bits per heavy atom. The third kappa shape index (κ3) is 6.25. The maximum atomic E-state index is 13.2. The summed E-state index contributed by atoms with van der Waals surface area (Å²) in [5.74, 6) is 0.395. The van der Waals surface area contributed by atoms with Gasteiger partial charge in [-0.05, 0) is 42.8 Å². The van der Waals surface area contributed by atoms with Crippen molar-refractivity contribution in [2.45, 2.75) is 45.4 Å². The summed E-state index contributed by atoms with van der Waals surface area (Å²) < 4.78 is 0. The zero-order valence-corrected chi connectivity index (χ0v) is 20.9. The van der Waals surface area contributed by atoms with Crippen molar-refractivity contribution in [2.24, 2.45) is 0 Å². The van der Waals surface area contributed by atoms with Crippen LogP contribution < -0.4 is 39.9 Å². The van der Waals surface area contributed by atoms with Crippen molar-refractivity contribution >= 4 is 29.0 Å². The average Bonchev–Trinajstić information content (AvgIpc) is 2.79. The highest BCUT2D eigenvalue weighted by Gasteiger charge is 2.46. The maximum Gasteiger partial charge on any atom is 0.171 e. The van der Waals surface area contributed by atoms with E-state index in [0.717, 1.165) is 12.8 Å². The maximum absolute atomic E-state index is 13.2. The smallest absolute Gasteiger partial charge is 0.171 e. The standard InChI is InChI=1S/C27H32OP.HI/c1-2-3-4-5-9-16-24(28)23-29(25-17-10-6-11-18-25,26-19-12-7-13-20-26)27-21-14-8-15-22-27;/h6-8,10-15,17-22H,2-5,9,16,23H2,1H3;1H/q+1;/p-1. The largest absolute Gasteiger partial charge is 1.00 e. The second kappa shape index (κ2) is 13.0. The predicted molar refractivity (Wildman–Crippen MR) is 128 cm³/mol. The van der Waals surface area contributed by atoms with Crippen molar-refractivity contribution < 1.29 is 28.8 Å². The molecule has 0 aromatic heterocycles. The average molecular weight is 530 g/mol. The fourth-order valence-electron chi connectivity index (χ4n) is 4.04. The Hall–Kier alpha value is -1.51. The second-order valence-electron chi connectivity index (χ2n) is 7.68. The lowest BCUT2D eigenvalue weighted by atomic mass is 10.1. The van der Waals surface area contributed by atoms with Crippen LogP contribution in [0.15, 0.2) is 91.0 Å². The molecule has 0 atom stereocenters. The van der Waals surface area contributed by atoms with Crippen molar-refractivity contribution in [3.05, 3.63) is 91.0 Å². The minimum atomic E-state index is -2.02. The minimum Gasteiger partial charge on any atom is -1.00 e. The van der Waals surface area contributed by atoms with Crippen molar-refractivity contribution in [2.75, 3.05) is 6.16 Å². The van der Waals surface area contributed by atoms with Gasteiger partial charge in [0.1, 0.15) is 29.3 Å². The molecule has 3 aromatic rings. The van der Waals surface area contributed by atoms with Gasteiger partial charge in [-0.15, -0.1) is 0 Å².